The second-order valence-electron chi connectivity index (χ2n) is 5.19. The Balaban J connectivity index is 2.54. The van der Waals surface area contributed by atoms with Crippen LogP contribution in [-0.4, -0.2) is 17.9 Å². The molecule has 104 valence electrons. The summed E-state index contributed by atoms with van der Waals surface area (Å²) in [6.07, 6.45) is 0.433. The fourth-order valence-corrected chi connectivity index (χ4v) is 1.69. The molecule has 4 nitrogen and oxygen atoms in total. The largest absolute Gasteiger partial charge is 0.345 e. The molecule has 0 radical (unpaired) electrons. The van der Waals surface area contributed by atoms with Crippen LogP contribution >= 0.6 is 0 Å². The summed E-state index contributed by atoms with van der Waals surface area (Å²) >= 11 is 0. The van der Waals surface area contributed by atoms with E-state index in [4.69, 9.17) is 0 Å². The molecule has 2 amide bonds. The van der Waals surface area contributed by atoms with Gasteiger partial charge < -0.3 is 10.6 Å². The van der Waals surface area contributed by atoms with Crippen LogP contribution in [0.1, 0.15) is 32.8 Å². The number of aryl methyl sites for hydroxylation is 1. The molecule has 0 aliphatic heterocycles. The van der Waals surface area contributed by atoms with Crippen LogP contribution in [0.3, 0.4) is 0 Å². The molecular weight excluding hydrogens is 240 g/mol. The Hall–Kier alpha value is -1.84. The summed E-state index contributed by atoms with van der Waals surface area (Å²) in [6, 6.07) is 7.02. The molecule has 1 aromatic carbocycles. The molecule has 1 aromatic rings. The smallest absolute Gasteiger partial charge is 0.246 e. The highest BCUT2D eigenvalue weighted by atomic mass is 16.2. The van der Waals surface area contributed by atoms with Gasteiger partial charge in [-0.05, 0) is 31.4 Å². The van der Waals surface area contributed by atoms with Crippen molar-refractivity contribution in [1.29, 1.82) is 0 Å². The van der Waals surface area contributed by atoms with E-state index in [-0.39, 0.29) is 17.7 Å². The molecule has 0 fully saturated rings. The molecule has 4 heteroatoms. The van der Waals surface area contributed by atoms with E-state index < -0.39 is 6.04 Å². The number of rotatable bonds is 5. The molecule has 0 saturated heterocycles. The average Bonchev–Trinajstić information content (AvgIpc) is 2.30. The van der Waals surface area contributed by atoms with Gasteiger partial charge >= 0.3 is 0 Å². The lowest BCUT2D eigenvalue weighted by Gasteiger charge is -2.15. The molecule has 0 spiro atoms. The lowest BCUT2D eigenvalue weighted by atomic mass is 10.1. The minimum absolute atomic E-state index is 0.0950. The van der Waals surface area contributed by atoms with E-state index in [0.717, 1.165) is 11.3 Å². The second-order valence-corrected chi connectivity index (χ2v) is 5.19. The first-order chi connectivity index (χ1) is 8.90. The van der Waals surface area contributed by atoms with Crippen molar-refractivity contribution in [2.24, 2.45) is 5.92 Å². The number of hydrogen-bond acceptors (Lipinski definition) is 2. The average molecular weight is 262 g/mol. The Morgan fingerprint density at radius 3 is 2.37 bits per heavy atom. The van der Waals surface area contributed by atoms with E-state index in [9.17, 15) is 9.59 Å². The lowest BCUT2D eigenvalue weighted by Crippen LogP contribution is -2.42. The van der Waals surface area contributed by atoms with Gasteiger partial charge in [0.25, 0.3) is 0 Å². The van der Waals surface area contributed by atoms with E-state index >= 15 is 0 Å². The van der Waals surface area contributed by atoms with Crippen molar-refractivity contribution in [3.8, 4) is 0 Å². The predicted octanol–water partition coefficient (Wildman–Crippen LogP) is 2.48. The molecule has 19 heavy (non-hydrogen) atoms. The van der Waals surface area contributed by atoms with Crippen molar-refractivity contribution < 1.29 is 9.59 Å². The number of benzene rings is 1. The van der Waals surface area contributed by atoms with Crippen molar-refractivity contribution in [2.75, 3.05) is 5.32 Å². The van der Waals surface area contributed by atoms with Gasteiger partial charge in [0, 0.05) is 12.1 Å². The Morgan fingerprint density at radius 2 is 1.79 bits per heavy atom. The van der Waals surface area contributed by atoms with E-state index in [1.807, 2.05) is 45.0 Å². The van der Waals surface area contributed by atoms with Crippen LogP contribution in [0.15, 0.2) is 24.3 Å². The molecule has 0 aliphatic carbocycles. The highest BCUT2D eigenvalue weighted by molar-refractivity contribution is 5.97. The minimum atomic E-state index is -0.536. The van der Waals surface area contributed by atoms with Crippen LogP contribution in [-0.2, 0) is 9.59 Å². The van der Waals surface area contributed by atoms with Crippen LogP contribution < -0.4 is 10.6 Å². The monoisotopic (exact) mass is 262 g/mol. The van der Waals surface area contributed by atoms with Crippen LogP contribution in [0.25, 0.3) is 0 Å². The molecule has 1 unspecified atom stereocenters. The Labute approximate surface area is 114 Å². The molecule has 0 aliphatic rings. The summed E-state index contributed by atoms with van der Waals surface area (Å²) in [5.74, 6) is -0.0135. The molecular formula is C15H22N2O2. The van der Waals surface area contributed by atoms with Crippen molar-refractivity contribution >= 4 is 17.5 Å². The highest BCUT2D eigenvalue weighted by Crippen LogP contribution is 2.13. The number of hydrogen-bond donors (Lipinski definition) is 2. The van der Waals surface area contributed by atoms with Gasteiger partial charge in [0.05, 0.1) is 0 Å². The SMILES string of the molecule is Cc1ccccc1NC(=O)C(C)NC(=O)CC(C)C. The predicted molar refractivity (Wildman–Crippen MR) is 76.9 cm³/mol. The highest BCUT2D eigenvalue weighted by Gasteiger charge is 2.16. The molecule has 0 heterocycles. The van der Waals surface area contributed by atoms with Gasteiger partial charge in [-0.3, -0.25) is 9.59 Å². The topological polar surface area (TPSA) is 58.2 Å². The van der Waals surface area contributed by atoms with Crippen molar-refractivity contribution in [2.45, 2.75) is 40.2 Å². The van der Waals surface area contributed by atoms with Gasteiger partial charge in [-0.25, -0.2) is 0 Å². The quantitative estimate of drug-likeness (QED) is 0.856. The third-order valence-corrected chi connectivity index (χ3v) is 2.77. The molecule has 1 atom stereocenters. The van der Waals surface area contributed by atoms with Crippen molar-refractivity contribution in [3.05, 3.63) is 29.8 Å². The Kier molecular flexibility index (Phi) is 5.55. The molecule has 0 aromatic heterocycles. The first-order valence-electron chi connectivity index (χ1n) is 6.56. The van der Waals surface area contributed by atoms with Gasteiger partial charge in [-0.15, -0.1) is 0 Å². The maximum atomic E-state index is 12.0. The lowest BCUT2D eigenvalue weighted by molar-refractivity contribution is -0.126. The zero-order valence-electron chi connectivity index (χ0n) is 12.0. The van der Waals surface area contributed by atoms with Gasteiger partial charge in [0.2, 0.25) is 11.8 Å². The molecule has 1 rings (SSSR count). The number of anilines is 1. The fourth-order valence-electron chi connectivity index (χ4n) is 1.69. The van der Waals surface area contributed by atoms with Crippen LogP contribution in [0.4, 0.5) is 5.69 Å². The maximum Gasteiger partial charge on any atom is 0.246 e. The number of carbonyl (C=O) groups is 2. The number of nitrogens with one attached hydrogen (secondary N) is 2. The number of amides is 2. The van der Waals surface area contributed by atoms with E-state index in [1.165, 1.54) is 0 Å². The van der Waals surface area contributed by atoms with Crippen molar-refractivity contribution in [1.82, 2.24) is 5.32 Å². The maximum absolute atomic E-state index is 12.0. The van der Waals surface area contributed by atoms with E-state index in [0.29, 0.717) is 6.42 Å². The molecule has 0 bridgehead atoms. The van der Waals surface area contributed by atoms with Crippen LogP contribution in [0, 0.1) is 12.8 Å². The van der Waals surface area contributed by atoms with Crippen LogP contribution in [0.5, 0.6) is 0 Å². The van der Waals surface area contributed by atoms with Gasteiger partial charge in [-0.1, -0.05) is 32.0 Å². The normalized spacial score (nSPS) is 12.1. The Morgan fingerprint density at radius 1 is 1.16 bits per heavy atom. The summed E-state index contributed by atoms with van der Waals surface area (Å²) in [5, 5.41) is 5.51. The standard InChI is InChI=1S/C15H22N2O2/c1-10(2)9-14(18)16-12(4)15(19)17-13-8-6-5-7-11(13)3/h5-8,10,12H,9H2,1-4H3,(H,16,18)(H,17,19). The summed E-state index contributed by atoms with van der Waals surface area (Å²) < 4.78 is 0. The Bertz CT molecular complexity index is 455. The summed E-state index contributed by atoms with van der Waals surface area (Å²) in [5.41, 5.74) is 1.77. The first-order valence-corrected chi connectivity index (χ1v) is 6.56. The van der Waals surface area contributed by atoms with Gasteiger partial charge in [0.15, 0.2) is 0 Å². The third-order valence-electron chi connectivity index (χ3n) is 2.77. The minimum Gasteiger partial charge on any atom is -0.345 e. The zero-order valence-corrected chi connectivity index (χ0v) is 12.0. The fraction of sp³-hybridized carbons (Fsp3) is 0.467. The zero-order chi connectivity index (χ0) is 14.4. The number of para-hydroxylation sites is 1. The molecule has 2 N–H and O–H groups in total. The summed E-state index contributed by atoms with van der Waals surface area (Å²) in [7, 11) is 0. The number of carbonyl (C=O) groups excluding carboxylic acids is 2. The van der Waals surface area contributed by atoms with E-state index in [2.05, 4.69) is 10.6 Å². The first kappa shape index (κ1) is 15.2. The van der Waals surface area contributed by atoms with Gasteiger partial charge in [0.1, 0.15) is 6.04 Å². The van der Waals surface area contributed by atoms with Crippen molar-refractivity contribution in [3.63, 3.8) is 0 Å². The second kappa shape index (κ2) is 6.92. The van der Waals surface area contributed by atoms with E-state index in [1.54, 1.807) is 6.92 Å². The third kappa shape index (κ3) is 5.12. The molecule has 0 saturated carbocycles. The van der Waals surface area contributed by atoms with Gasteiger partial charge in [-0.2, -0.15) is 0 Å². The summed E-state index contributed by atoms with van der Waals surface area (Å²) in [4.78, 5) is 23.6. The summed E-state index contributed by atoms with van der Waals surface area (Å²) in [6.45, 7) is 7.55. The van der Waals surface area contributed by atoms with Crippen LogP contribution in [0.2, 0.25) is 0 Å².